The monoisotopic (exact) mass is 325 g/mol. The van der Waals surface area contributed by atoms with Gasteiger partial charge >= 0.3 is 0 Å². The van der Waals surface area contributed by atoms with E-state index in [0.717, 1.165) is 16.1 Å². The average molecular weight is 325 g/mol. The van der Waals surface area contributed by atoms with E-state index in [0.29, 0.717) is 18.8 Å². The van der Waals surface area contributed by atoms with E-state index in [1.54, 1.807) is 11.3 Å². The van der Waals surface area contributed by atoms with Crippen LogP contribution >= 0.6 is 11.3 Å². The summed E-state index contributed by atoms with van der Waals surface area (Å²) in [5.74, 6) is -0.0465. The maximum absolute atomic E-state index is 12.7. The molecule has 23 heavy (non-hydrogen) atoms. The van der Waals surface area contributed by atoms with Crippen molar-refractivity contribution in [2.75, 3.05) is 6.54 Å². The first-order valence-electron chi connectivity index (χ1n) is 7.62. The summed E-state index contributed by atoms with van der Waals surface area (Å²) in [6.45, 7) is 5.30. The van der Waals surface area contributed by atoms with Crippen molar-refractivity contribution in [2.45, 2.75) is 20.4 Å². The lowest BCUT2D eigenvalue weighted by Gasteiger charge is -2.20. The van der Waals surface area contributed by atoms with Crippen molar-refractivity contribution in [3.63, 3.8) is 0 Å². The van der Waals surface area contributed by atoms with Gasteiger partial charge in [-0.1, -0.05) is 30.3 Å². The van der Waals surface area contributed by atoms with Gasteiger partial charge in [0.25, 0.3) is 5.91 Å². The summed E-state index contributed by atoms with van der Waals surface area (Å²) in [7, 11) is 0. The molecule has 0 aliphatic carbocycles. The number of aromatic amines is 1. The van der Waals surface area contributed by atoms with Gasteiger partial charge < -0.3 is 4.90 Å². The maximum atomic E-state index is 12.7. The van der Waals surface area contributed by atoms with Crippen molar-refractivity contribution in [3.05, 3.63) is 64.7 Å². The fourth-order valence-corrected chi connectivity index (χ4v) is 3.16. The summed E-state index contributed by atoms with van der Waals surface area (Å²) in [6.07, 6.45) is 0. The molecule has 1 amide bonds. The molecule has 0 fully saturated rings. The van der Waals surface area contributed by atoms with Crippen molar-refractivity contribution in [1.29, 1.82) is 0 Å². The van der Waals surface area contributed by atoms with Crippen LogP contribution in [-0.2, 0) is 6.54 Å². The molecule has 5 heteroatoms. The molecule has 0 radical (unpaired) electrons. The van der Waals surface area contributed by atoms with E-state index in [9.17, 15) is 4.79 Å². The summed E-state index contributed by atoms with van der Waals surface area (Å²) < 4.78 is 0. The van der Waals surface area contributed by atoms with Crippen LogP contribution in [0, 0.1) is 6.92 Å². The van der Waals surface area contributed by atoms with Crippen LogP contribution in [0.25, 0.3) is 10.6 Å². The lowest BCUT2D eigenvalue weighted by atomic mass is 10.1. The van der Waals surface area contributed by atoms with Crippen molar-refractivity contribution in [2.24, 2.45) is 0 Å². The second-order valence-corrected chi connectivity index (χ2v) is 6.34. The largest absolute Gasteiger partial charge is 0.333 e. The SMILES string of the molecule is CCN(Cc1ccccc1C)C(=O)c1cc(-c2cccs2)[nH]n1. The minimum absolute atomic E-state index is 0.0465. The highest BCUT2D eigenvalue weighted by atomic mass is 32.1. The number of benzene rings is 1. The van der Waals surface area contributed by atoms with E-state index in [2.05, 4.69) is 29.3 Å². The molecule has 0 aliphatic heterocycles. The second kappa shape index (κ2) is 6.79. The molecule has 3 aromatic rings. The molecule has 0 atom stereocenters. The first-order valence-corrected chi connectivity index (χ1v) is 8.50. The van der Waals surface area contributed by atoms with Gasteiger partial charge in [-0.25, -0.2) is 0 Å². The highest BCUT2D eigenvalue weighted by Crippen LogP contribution is 2.23. The number of amides is 1. The van der Waals surface area contributed by atoms with E-state index in [4.69, 9.17) is 0 Å². The summed E-state index contributed by atoms with van der Waals surface area (Å²) in [5.41, 5.74) is 3.70. The van der Waals surface area contributed by atoms with Crippen molar-refractivity contribution >= 4 is 17.2 Å². The zero-order valence-electron chi connectivity index (χ0n) is 13.2. The zero-order chi connectivity index (χ0) is 16.2. The summed E-state index contributed by atoms with van der Waals surface area (Å²) in [4.78, 5) is 15.6. The fourth-order valence-electron chi connectivity index (χ4n) is 2.47. The van der Waals surface area contributed by atoms with Crippen LogP contribution in [0.3, 0.4) is 0 Å². The van der Waals surface area contributed by atoms with Crippen molar-refractivity contribution in [1.82, 2.24) is 15.1 Å². The fraction of sp³-hybridized carbons (Fsp3) is 0.222. The molecule has 118 valence electrons. The number of nitrogens with zero attached hydrogens (tertiary/aromatic N) is 2. The molecule has 0 saturated heterocycles. The maximum Gasteiger partial charge on any atom is 0.274 e. The van der Waals surface area contributed by atoms with Crippen LogP contribution in [0.2, 0.25) is 0 Å². The Kier molecular flexibility index (Phi) is 4.57. The Bertz CT molecular complexity index is 792. The van der Waals surface area contributed by atoms with Crippen LogP contribution in [0.1, 0.15) is 28.5 Å². The van der Waals surface area contributed by atoms with Gasteiger partial charge in [0.2, 0.25) is 0 Å². The number of hydrogen-bond acceptors (Lipinski definition) is 3. The predicted octanol–water partition coefficient (Wildman–Crippen LogP) is 4.11. The van der Waals surface area contributed by atoms with Crippen LogP contribution in [0.15, 0.2) is 47.8 Å². The molecule has 1 aromatic carbocycles. The first-order chi connectivity index (χ1) is 11.2. The third-order valence-electron chi connectivity index (χ3n) is 3.88. The summed E-state index contributed by atoms with van der Waals surface area (Å²) in [6, 6.07) is 14.0. The standard InChI is InChI=1S/C18H19N3OS/c1-3-21(12-14-8-5-4-7-13(14)2)18(22)16-11-15(19-20-16)17-9-6-10-23-17/h4-11H,3,12H2,1-2H3,(H,19,20). The third kappa shape index (κ3) is 3.35. The number of carbonyl (C=O) groups is 1. The van der Waals surface area contributed by atoms with Crippen LogP contribution in [0.5, 0.6) is 0 Å². The van der Waals surface area contributed by atoms with Gasteiger partial charge in [0.05, 0.1) is 10.6 Å². The van der Waals surface area contributed by atoms with Crippen LogP contribution < -0.4 is 0 Å². The summed E-state index contributed by atoms with van der Waals surface area (Å²) in [5, 5.41) is 9.16. The molecular weight excluding hydrogens is 306 g/mol. The highest BCUT2D eigenvalue weighted by molar-refractivity contribution is 7.13. The molecule has 0 spiro atoms. The lowest BCUT2D eigenvalue weighted by molar-refractivity contribution is 0.0746. The van der Waals surface area contributed by atoms with Crippen molar-refractivity contribution in [3.8, 4) is 10.6 Å². The normalized spacial score (nSPS) is 10.7. The number of nitrogens with one attached hydrogen (secondary N) is 1. The number of carbonyl (C=O) groups excluding carboxylic acids is 1. The number of hydrogen-bond donors (Lipinski definition) is 1. The Balaban J connectivity index is 1.79. The Labute approximate surface area is 139 Å². The Morgan fingerprint density at radius 2 is 2.09 bits per heavy atom. The number of thiophene rings is 1. The smallest absolute Gasteiger partial charge is 0.274 e. The molecular formula is C18H19N3OS. The van der Waals surface area contributed by atoms with Gasteiger partial charge in [-0.05, 0) is 42.5 Å². The zero-order valence-corrected chi connectivity index (χ0v) is 14.1. The molecule has 0 unspecified atom stereocenters. The lowest BCUT2D eigenvalue weighted by Crippen LogP contribution is -2.30. The van der Waals surface area contributed by atoms with Crippen LogP contribution in [0.4, 0.5) is 0 Å². The Morgan fingerprint density at radius 1 is 1.26 bits per heavy atom. The molecule has 4 nitrogen and oxygen atoms in total. The Hall–Kier alpha value is -2.40. The molecule has 1 N–H and O–H groups in total. The highest BCUT2D eigenvalue weighted by Gasteiger charge is 2.18. The quantitative estimate of drug-likeness (QED) is 0.767. The average Bonchev–Trinajstić information content (AvgIpc) is 3.24. The van der Waals surface area contributed by atoms with Gasteiger partial charge in [-0.15, -0.1) is 11.3 Å². The summed E-state index contributed by atoms with van der Waals surface area (Å²) >= 11 is 1.62. The number of aryl methyl sites for hydroxylation is 1. The number of rotatable bonds is 5. The van der Waals surface area contributed by atoms with Gasteiger partial charge in [0.15, 0.2) is 5.69 Å². The Morgan fingerprint density at radius 3 is 2.78 bits per heavy atom. The van der Waals surface area contributed by atoms with Gasteiger partial charge in [0.1, 0.15) is 0 Å². The molecule has 0 saturated carbocycles. The third-order valence-corrected chi connectivity index (χ3v) is 4.78. The second-order valence-electron chi connectivity index (χ2n) is 5.39. The van der Waals surface area contributed by atoms with E-state index in [1.165, 1.54) is 5.56 Å². The molecule has 3 rings (SSSR count). The molecule has 0 bridgehead atoms. The van der Waals surface area contributed by atoms with E-state index in [-0.39, 0.29) is 5.91 Å². The van der Waals surface area contributed by atoms with Gasteiger partial charge in [0, 0.05) is 13.1 Å². The number of aromatic nitrogens is 2. The van der Waals surface area contributed by atoms with Crippen molar-refractivity contribution < 1.29 is 4.79 Å². The van der Waals surface area contributed by atoms with E-state index < -0.39 is 0 Å². The topological polar surface area (TPSA) is 49.0 Å². The minimum Gasteiger partial charge on any atom is -0.333 e. The van der Waals surface area contributed by atoms with Gasteiger partial charge in [-0.2, -0.15) is 5.10 Å². The minimum atomic E-state index is -0.0465. The van der Waals surface area contributed by atoms with E-state index in [1.807, 2.05) is 47.5 Å². The van der Waals surface area contributed by atoms with E-state index >= 15 is 0 Å². The number of H-pyrrole nitrogens is 1. The molecule has 2 heterocycles. The predicted molar refractivity (Wildman–Crippen MR) is 93.5 cm³/mol. The van der Waals surface area contributed by atoms with Crippen LogP contribution in [-0.4, -0.2) is 27.5 Å². The molecule has 2 aromatic heterocycles. The van der Waals surface area contributed by atoms with Gasteiger partial charge in [-0.3, -0.25) is 9.89 Å². The molecule has 0 aliphatic rings. The first kappa shape index (κ1) is 15.5.